The van der Waals surface area contributed by atoms with Crippen LogP contribution in [0.3, 0.4) is 0 Å². The van der Waals surface area contributed by atoms with Crippen molar-refractivity contribution in [3.63, 3.8) is 0 Å². The number of nitrogens with one attached hydrogen (secondary N) is 1. The molecule has 0 spiro atoms. The molecule has 0 saturated heterocycles. The second-order valence-corrected chi connectivity index (χ2v) is 6.27. The van der Waals surface area contributed by atoms with Crippen LogP contribution in [0, 0.1) is 17.8 Å². The van der Waals surface area contributed by atoms with Gasteiger partial charge in [0.05, 0.1) is 12.1 Å². The lowest BCUT2D eigenvalue weighted by molar-refractivity contribution is -0.127. The number of rotatable bonds is 4. The fraction of sp³-hybridized carbons (Fsp3) is 0.562. The molecule has 2 saturated carbocycles. The molecule has 1 aromatic carbocycles. The molecule has 19 heavy (non-hydrogen) atoms. The van der Waals surface area contributed by atoms with E-state index >= 15 is 0 Å². The molecule has 0 aliphatic heterocycles. The quantitative estimate of drug-likeness (QED) is 0.869. The van der Waals surface area contributed by atoms with Crippen molar-refractivity contribution in [1.29, 1.82) is 0 Å². The van der Waals surface area contributed by atoms with Gasteiger partial charge in [0.15, 0.2) is 0 Å². The molecule has 3 atom stereocenters. The van der Waals surface area contributed by atoms with Crippen LogP contribution in [0.2, 0.25) is 0 Å². The fourth-order valence-electron chi connectivity index (χ4n) is 3.31. The van der Waals surface area contributed by atoms with Crippen LogP contribution in [0.1, 0.15) is 31.7 Å². The molecule has 1 aromatic rings. The van der Waals surface area contributed by atoms with Crippen molar-refractivity contribution in [2.24, 2.45) is 17.8 Å². The third-order valence-electron chi connectivity index (χ3n) is 4.74. The van der Waals surface area contributed by atoms with Gasteiger partial charge in [0.1, 0.15) is 0 Å². The van der Waals surface area contributed by atoms with E-state index < -0.39 is 5.54 Å². The van der Waals surface area contributed by atoms with Gasteiger partial charge >= 0.3 is 0 Å². The van der Waals surface area contributed by atoms with Crippen molar-refractivity contribution in [2.75, 3.05) is 6.61 Å². The van der Waals surface area contributed by atoms with Gasteiger partial charge in [0.25, 0.3) is 0 Å². The van der Waals surface area contributed by atoms with E-state index in [4.69, 9.17) is 0 Å². The molecule has 2 aliphatic carbocycles. The molecule has 0 bridgehead atoms. The molecule has 2 N–H and O–H groups in total. The maximum absolute atomic E-state index is 12.3. The summed E-state index contributed by atoms with van der Waals surface area (Å²) < 4.78 is 0. The van der Waals surface area contributed by atoms with Crippen LogP contribution in [0.25, 0.3) is 0 Å². The summed E-state index contributed by atoms with van der Waals surface area (Å²) in [5, 5.41) is 12.7. The summed E-state index contributed by atoms with van der Waals surface area (Å²) in [5.74, 6) is 1.85. The van der Waals surface area contributed by atoms with E-state index in [0.29, 0.717) is 0 Å². The van der Waals surface area contributed by atoms with Gasteiger partial charge in [-0.2, -0.15) is 0 Å². The van der Waals surface area contributed by atoms with E-state index in [0.717, 1.165) is 30.2 Å². The smallest absolute Gasteiger partial charge is 0.223 e. The lowest BCUT2D eigenvalue weighted by atomic mass is 9.91. The zero-order chi connectivity index (χ0) is 13.5. The summed E-state index contributed by atoms with van der Waals surface area (Å²) >= 11 is 0. The first-order valence-corrected chi connectivity index (χ1v) is 7.11. The molecule has 2 fully saturated rings. The lowest BCUT2D eigenvalue weighted by Crippen LogP contribution is -2.48. The van der Waals surface area contributed by atoms with Crippen LogP contribution in [0.4, 0.5) is 0 Å². The van der Waals surface area contributed by atoms with Gasteiger partial charge in [-0.25, -0.2) is 0 Å². The van der Waals surface area contributed by atoms with Crippen LogP contribution in [-0.2, 0) is 10.3 Å². The maximum atomic E-state index is 12.3. The first-order chi connectivity index (χ1) is 9.12. The summed E-state index contributed by atoms with van der Waals surface area (Å²) in [6.45, 7) is 1.80. The highest BCUT2D eigenvalue weighted by Gasteiger charge is 2.48. The molecule has 0 heterocycles. The Morgan fingerprint density at radius 2 is 1.89 bits per heavy atom. The standard InChI is InChI=1S/C16H21NO2/c1-16(10-18,14-5-3-2-4-6-14)17-15(19)13-8-11-7-12(11)9-13/h2-6,11-13,18H,7-10H2,1H3,(H,17,19). The van der Waals surface area contributed by atoms with Gasteiger partial charge in [-0.1, -0.05) is 30.3 Å². The minimum absolute atomic E-state index is 0.0810. The maximum Gasteiger partial charge on any atom is 0.223 e. The highest BCUT2D eigenvalue weighted by atomic mass is 16.3. The molecular formula is C16H21NO2. The number of amides is 1. The van der Waals surface area contributed by atoms with E-state index in [2.05, 4.69) is 5.32 Å². The van der Waals surface area contributed by atoms with E-state index in [-0.39, 0.29) is 18.4 Å². The Morgan fingerprint density at radius 3 is 2.47 bits per heavy atom. The number of aliphatic hydroxyl groups is 1. The third-order valence-corrected chi connectivity index (χ3v) is 4.74. The Bertz CT molecular complexity index is 463. The summed E-state index contributed by atoms with van der Waals surface area (Å²) in [7, 11) is 0. The van der Waals surface area contributed by atoms with Crippen LogP contribution in [0.15, 0.2) is 30.3 Å². The number of hydrogen-bond donors (Lipinski definition) is 2. The summed E-state index contributed by atoms with van der Waals surface area (Å²) in [6, 6.07) is 9.69. The van der Waals surface area contributed by atoms with Crippen molar-refractivity contribution in [3.8, 4) is 0 Å². The zero-order valence-corrected chi connectivity index (χ0v) is 11.3. The van der Waals surface area contributed by atoms with E-state index in [1.165, 1.54) is 6.42 Å². The highest BCUT2D eigenvalue weighted by Crippen LogP contribution is 2.54. The number of benzene rings is 1. The van der Waals surface area contributed by atoms with Gasteiger partial charge in [0, 0.05) is 5.92 Å². The highest BCUT2D eigenvalue weighted by molar-refractivity contribution is 5.80. The molecule has 2 aliphatic rings. The average Bonchev–Trinajstić information content (AvgIpc) is 3.06. The molecule has 1 amide bonds. The van der Waals surface area contributed by atoms with Crippen molar-refractivity contribution < 1.29 is 9.90 Å². The monoisotopic (exact) mass is 259 g/mol. The van der Waals surface area contributed by atoms with Crippen molar-refractivity contribution in [1.82, 2.24) is 5.32 Å². The second kappa shape index (κ2) is 4.64. The van der Waals surface area contributed by atoms with E-state index in [9.17, 15) is 9.90 Å². The topological polar surface area (TPSA) is 49.3 Å². The summed E-state index contributed by atoms with van der Waals surface area (Å²) in [5.41, 5.74) is 0.277. The lowest BCUT2D eigenvalue weighted by Gasteiger charge is -2.31. The molecule has 3 nitrogen and oxygen atoms in total. The largest absolute Gasteiger partial charge is 0.394 e. The van der Waals surface area contributed by atoms with Crippen LogP contribution < -0.4 is 5.32 Å². The van der Waals surface area contributed by atoms with Gasteiger partial charge in [-0.3, -0.25) is 4.79 Å². The Labute approximate surface area is 114 Å². The SMILES string of the molecule is CC(CO)(NC(=O)C1CC2CC2C1)c1ccccc1. The molecule has 3 heteroatoms. The number of hydrogen-bond acceptors (Lipinski definition) is 2. The zero-order valence-electron chi connectivity index (χ0n) is 11.3. The first-order valence-electron chi connectivity index (χ1n) is 7.11. The van der Waals surface area contributed by atoms with E-state index in [1.54, 1.807) is 0 Å². The molecule has 3 rings (SSSR count). The minimum Gasteiger partial charge on any atom is -0.394 e. The molecule has 3 unspecified atom stereocenters. The Hall–Kier alpha value is -1.35. The van der Waals surface area contributed by atoms with Crippen LogP contribution >= 0.6 is 0 Å². The number of carbonyl (C=O) groups is 1. The minimum atomic E-state index is -0.675. The van der Waals surface area contributed by atoms with E-state index in [1.807, 2.05) is 37.3 Å². The molecule has 0 aromatic heterocycles. The summed E-state index contributed by atoms with van der Waals surface area (Å²) in [4.78, 5) is 12.3. The Balaban J connectivity index is 1.70. The van der Waals surface area contributed by atoms with Crippen LogP contribution in [0.5, 0.6) is 0 Å². The number of aliphatic hydroxyl groups excluding tert-OH is 1. The Kier molecular flexibility index (Phi) is 3.09. The number of carbonyl (C=O) groups excluding carboxylic acids is 1. The molecule has 0 radical (unpaired) electrons. The Morgan fingerprint density at radius 1 is 1.26 bits per heavy atom. The second-order valence-electron chi connectivity index (χ2n) is 6.27. The number of fused-ring (bicyclic) bond motifs is 1. The van der Waals surface area contributed by atoms with Crippen molar-refractivity contribution in [3.05, 3.63) is 35.9 Å². The van der Waals surface area contributed by atoms with Crippen LogP contribution in [-0.4, -0.2) is 17.6 Å². The predicted octanol–water partition coefficient (Wildman–Crippen LogP) is 2.06. The van der Waals surface area contributed by atoms with Crippen molar-refractivity contribution >= 4 is 5.91 Å². The van der Waals surface area contributed by atoms with Gasteiger partial charge < -0.3 is 10.4 Å². The predicted molar refractivity (Wildman–Crippen MR) is 73.3 cm³/mol. The third kappa shape index (κ3) is 2.39. The average molecular weight is 259 g/mol. The van der Waals surface area contributed by atoms with Crippen molar-refractivity contribution in [2.45, 2.75) is 31.7 Å². The normalized spacial score (nSPS) is 31.4. The first kappa shape index (κ1) is 12.7. The fourth-order valence-corrected chi connectivity index (χ4v) is 3.31. The molecule has 102 valence electrons. The molecular weight excluding hydrogens is 238 g/mol. The summed E-state index contributed by atoms with van der Waals surface area (Å²) in [6.07, 6.45) is 3.39. The van der Waals surface area contributed by atoms with Gasteiger partial charge in [0.2, 0.25) is 5.91 Å². The van der Waals surface area contributed by atoms with Gasteiger partial charge in [-0.05, 0) is 43.6 Å². The van der Waals surface area contributed by atoms with Gasteiger partial charge in [-0.15, -0.1) is 0 Å².